The van der Waals surface area contributed by atoms with Crippen LogP contribution in [0.25, 0.3) is 0 Å². The molecule has 4 aliphatic carbocycles. The Morgan fingerprint density at radius 1 is 0.925 bits per heavy atom. The van der Waals surface area contributed by atoms with Gasteiger partial charge < -0.3 is 14.6 Å². The van der Waals surface area contributed by atoms with Gasteiger partial charge in [0.1, 0.15) is 11.5 Å². The molecule has 0 unspecified atom stereocenters. The molecule has 40 heavy (non-hydrogen) atoms. The van der Waals surface area contributed by atoms with Crippen LogP contribution in [0.2, 0.25) is 0 Å². The van der Waals surface area contributed by atoms with Crippen molar-refractivity contribution in [3.63, 3.8) is 0 Å². The van der Waals surface area contributed by atoms with E-state index in [1.54, 1.807) is 7.11 Å². The maximum Gasteiger partial charge on any atom is 0.169 e. The van der Waals surface area contributed by atoms with Crippen molar-refractivity contribution in [1.29, 1.82) is 0 Å². The molecule has 0 bridgehead atoms. The SMILES string of the molecule is COc1ccc(CO[C@@]2(O)CC[C@@]3(C)C(=CC[C@@H]4[C@@H]3CC[C@@]3(C)[C@H]4CC[C@]3(Cc3ccccc3)C(C)=O)C2)cc1. The number of hydrogen-bond acceptors (Lipinski definition) is 4. The van der Waals surface area contributed by atoms with Crippen molar-refractivity contribution in [3.05, 3.63) is 77.4 Å². The molecule has 0 saturated heterocycles. The van der Waals surface area contributed by atoms with Crippen LogP contribution in [0.15, 0.2) is 66.2 Å². The van der Waals surface area contributed by atoms with Crippen molar-refractivity contribution in [2.45, 2.75) is 91.0 Å². The topological polar surface area (TPSA) is 55.8 Å². The molecular formula is C36H46O4. The highest BCUT2D eigenvalue weighted by atomic mass is 16.6. The summed E-state index contributed by atoms with van der Waals surface area (Å²) >= 11 is 0. The summed E-state index contributed by atoms with van der Waals surface area (Å²) in [7, 11) is 1.67. The van der Waals surface area contributed by atoms with E-state index in [0.29, 0.717) is 43.0 Å². The second-order valence-electron chi connectivity index (χ2n) is 13.8. The molecule has 0 radical (unpaired) electrons. The molecular weight excluding hydrogens is 496 g/mol. The average Bonchev–Trinajstić information content (AvgIpc) is 3.26. The second kappa shape index (κ2) is 10.1. The summed E-state index contributed by atoms with van der Waals surface area (Å²) in [5, 5.41) is 11.5. The molecule has 3 fully saturated rings. The average molecular weight is 543 g/mol. The van der Waals surface area contributed by atoms with Gasteiger partial charge in [0.05, 0.1) is 13.7 Å². The number of carbonyl (C=O) groups excluding carboxylic acids is 1. The van der Waals surface area contributed by atoms with E-state index in [1.807, 2.05) is 31.2 Å². The molecule has 0 heterocycles. The lowest BCUT2D eigenvalue weighted by Gasteiger charge is -2.60. The minimum absolute atomic E-state index is 0.0361. The zero-order valence-corrected chi connectivity index (χ0v) is 24.7. The zero-order chi connectivity index (χ0) is 28.2. The smallest absolute Gasteiger partial charge is 0.169 e. The third-order valence-electron chi connectivity index (χ3n) is 12.2. The van der Waals surface area contributed by atoms with Crippen LogP contribution in [0.4, 0.5) is 0 Å². The van der Waals surface area contributed by atoms with Crippen LogP contribution in [-0.2, 0) is 22.6 Å². The summed E-state index contributed by atoms with van der Waals surface area (Å²) in [5.74, 6) is 1.88. The van der Waals surface area contributed by atoms with E-state index >= 15 is 0 Å². The van der Waals surface area contributed by atoms with Crippen molar-refractivity contribution in [2.24, 2.45) is 34.0 Å². The van der Waals surface area contributed by atoms with Gasteiger partial charge in [0.2, 0.25) is 0 Å². The van der Waals surface area contributed by atoms with Crippen LogP contribution in [-0.4, -0.2) is 23.8 Å². The Hall–Kier alpha value is -2.43. The van der Waals surface area contributed by atoms with Crippen molar-refractivity contribution >= 4 is 5.78 Å². The highest BCUT2D eigenvalue weighted by Gasteiger charge is 2.65. The fourth-order valence-corrected chi connectivity index (χ4v) is 9.75. The van der Waals surface area contributed by atoms with Crippen LogP contribution >= 0.6 is 0 Å². The fourth-order valence-electron chi connectivity index (χ4n) is 9.75. The molecule has 4 nitrogen and oxygen atoms in total. The molecule has 0 aromatic heterocycles. The lowest BCUT2D eigenvalue weighted by atomic mass is 9.44. The third-order valence-corrected chi connectivity index (χ3v) is 12.2. The van der Waals surface area contributed by atoms with E-state index in [0.717, 1.165) is 49.8 Å². The van der Waals surface area contributed by atoms with Gasteiger partial charge >= 0.3 is 0 Å². The first kappa shape index (κ1) is 27.7. The largest absolute Gasteiger partial charge is 0.497 e. The van der Waals surface area contributed by atoms with Crippen molar-refractivity contribution in [2.75, 3.05) is 7.11 Å². The first-order valence-corrected chi connectivity index (χ1v) is 15.4. The standard InChI is InChI=1S/C36H46O4/c1-25(37)35(22-26-8-6-5-7-9-26)19-17-32-30-15-12-28-23-36(38,40-24-27-10-13-29(39-4)14-11-27)21-20-33(28,2)31(30)16-18-34(32,35)3/h5-14,30-32,38H,15-24H2,1-4H3/t30-,31+,32+,33+,34+,35+,36+/m1/s1. The molecule has 0 spiro atoms. The van der Waals surface area contributed by atoms with Crippen LogP contribution in [0.1, 0.15) is 83.3 Å². The van der Waals surface area contributed by atoms with Gasteiger partial charge in [-0.1, -0.05) is 68.0 Å². The Balaban J connectivity index is 1.20. The molecule has 4 aliphatic rings. The summed E-state index contributed by atoms with van der Waals surface area (Å²) < 4.78 is 11.5. The number of allylic oxidation sites excluding steroid dienone is 1. The number of carbonyl (C=O) groups is 1. The lowest BCUT2D eigenvalue weighted by Crippen LogP contribution is -2.55. The molecule has 7 atom stereocenters. The second-order valence-corrected chi connectivity index (χ2v) is 13.8. The van der Waals surface area contributed by atoms with E-state index in [9.17, 15) is 9.90 Å². The molecule has 3 saturated carbocycles. The molecule has 6 rings (SSSR count). The van der Waals surface area contributed by atoms with Gasteiger partial charge in [-0.3, -0.25) is 4.79 Å². The number of aliphatic hydroxyl groups is 1. The first-order valence-electron chi connectivity index (χ1n) is 15.4. The number of rotatable bonds is 7. The van der Waals surface area contributed by atoms with Crippen molar-refractivity contribution in [1.82, 2.24) is 0 Å². The maximum atomic E-state index is 13.5. The first-order chi connectivity index (χ1) is 19.1. The number of benzene rings is 2. The number of hydrogen-bond donors (Lipinski definition) is 1. The van der Waals surface area contributed by atoms with E-state index in [4.69, 9.17) is 9.47 Å². The summed E-state index contributed by atoms with van der Waals surface area (Å²) in [5.41, 5.74) is 3.59. The summed E-state index contributed by atoms with van der Waals surface area (Å²) in [6.45, 7) is 7.17. The minimum Gasteiger partial charge on any atom is -0.497 e. The van der Waals surface area contributed by atoms with Crippen molar-refractivity contribution in [3.8, 4) is 5.75 Å². The molecule has 4 heteroatoms. The molecule has 214 valence electrons. The van der Waals surface area contributed by atoms with E-state index in [2.05, 4.69) is 50.3 Å². The number of ketones is 1. The third kappa shape index (κ3) is 4.38. The Morgan fingerprint density at radius 2 is 1.65 bits per heavy atom. The Bertz CT molecular complexity index is 1270. The monoisotopic (exact) mass is 542 g/mol. The minimum atomic E-state index is -1.12. The molecule has 2 aromatic carbocycles. The quantitative estimate of drug-likeness (QED) is 0.288. The predicted octanol–water partition coefficient (Wildman–Crippen LogP) is 7.68. The summed E-state index contributed by atoms with van der Waals surface area (Å²) in [4.78, 5) is 13.5. The van der Waals surface area contributed by atoms with Gasteiger partial charge in [-0.25, -0.2) is 0 Å². The van der Waals surface area contributed by atoms with Crippen LogP contribution in [0.3, 0.4) is 0 Å². The van der Waals surface area contributed by atoms with Gasteiger partial charge in [-0.2, -0.15) is 0 Å². The van der Waals surface area contributed by atoms with Gasteiger partial charge in [0.15, 0.2) is 5.79 Å². The highest BCUT2D eigenvalue weighted by Crippen LogP contribution is 2.70. The molecule has 0 amide bonds. The highest BCUT2D eigenvalue weighted by molar-refractivity contribution is 5.84. The van der Waals surface area contributed by atoms with E-state index < -0.39 is 5.79 Å². The molecule has 1 N–H and O–H groups in total. The molecule has 0 aliphatic heterocycles. The predicted molar refractivity (Wildman–Crippen MR) is 158 cm³/mol. The number of ether oxygens (including phenoxy) is 2. The van der Waals surface area contributed by atoms with E-state index in [-0.39, 0.29) is 16.2 Å². The summed E-state index contributed by atoms with van der Waals surface area (Å²) in [6.07, 6.45) is 11.0. The van der Waals surface area contributed by atoms with Crippen LogP contribution in [0, 0.1) is 34.0 Å². The van der Waals surface area contributed by atoms with Gasteiger partial charge in [-0.15, -0.1) is 0 Å². The van der Waals surface area contributed by atoms with Crippen molar-refractivity contribution < 1.29 is 19.4 Å². The fraction of sp³-hybridized carbons (Fsp3) is 0.583. The number of fused-ring (bicyclic) bond motifs is 5. The normalized spacial score (nSPS) is 38.5. The maximum absolute atomic E-state index is 13.5. The zero-order valence-electron chi connectivity index (χ0n) is 24.7. The number of Topliss-reactive ketones (excluding diaryl/α,β-unsaturated/α-hetero) is 1. The Morgan fingerprint density at radius 3 is 2.35 bits per heavy atom. The Kier molecular flexibility index (Phi) is 7.02. The van der Waals surface area contributed by atoms with Gasteiger partial charge in [0, 0.05) is 18.3 Å². The Labute approximate surface area is 240 Å². The number of methoxy groups -OCH3 is 1. The van der Waals surface area contributed by atoms with Gasteiger partial charge in [-0.05, 0) is 104 Å². The lowest BCUT2D eigenvalue weighted by molar-refractivity contribution is -0.231. The van der Waals surface area contributed by atoms with Gasteiger partial charge in [0.25, 0.3) is 0 Å². The van der Waals surface area contributed by atoms with Crippen LogP contribution < -0.4 is 4.74 Å². The van der Waals surface area contributed by atoms with Crippen LogP contribution in [0.5, 0.6) is 5.75 Å². The molecule has 2 aromatic rings. The summed E-state index contributed by atoms with van der Waals surface area (Å²) in [6, 6.07) is 18.5. The van der Waals surface area contributed by atoms with E-state index in [1.165, 1.54) is 17.6 Å².